The highest BCUT2D eigenvalue weighted by Crippen LogP contribution is 2.43. The van der Waals surface area contributed by atoms with Gasteiger partial charge in [-0.3, -0.25) is 0 Å². The second kappa shape index (κ2) is 6.00. The van der Waals surface area contributed by atoms with Crippen LogP contribution in [0, 0.1) is 0 Å². The summed E-state index contributed by atoms with van der Waals surface area (Å²) < 4.78 is 0. The smallest absolute Gasteiger partial charge is 0.0588 e. The molecule has 22 heavy (non-hydrogen) atoms. The molecule has 2 aromatic carbocycles. The molecular weight excluding hydrogens is 266 g/mol. The summed E-state index contributed by atoms with van der Waals surface area (Å²) in [6, 6.07) is 19.6. The van der Waals surface area contributed by atoms with Gasteiger partial charge in [0.1, 0.15) is 0 Å². The van der Waals surface area contributed by atoms with Gasteiger partial charge in [0.2, 0.25) is 0 Å². The average molecular weight is 291 g/mol. The van der Waals surface area contributed by atoms with Crippen LogP contribution in [0.1, 0.15) is 44.2 Å². The SMILES string of the molecule is CCCC1(CC)C=C(c2ccccc2)c2ccccc2N1C. The van der Waals surface area contributed by atoms with Crippen LogP contribution in [-0.2, 0) is 0 Å². The Labute approximate surface area is 134 Å². The zero-order valence-corrected chi connectivity index (χ0v) is 13.8. The summed E-state index contributed by atoms with van der Waals surface area (Å²) in [6.07, 6.45) is 6.01. The maximum Gasteiger partial charge on any atom is 0.0588 e. The summed E-state index contributed by atoms with van der Waals surface area (Å²) in [7, 11) is 2.25. The van der Waals surface area contributed by atoms with Crippen molar-refractivity contribution in [3.05, 3.63) is 71.8 Å². The minimum atomic E-state index is 0.119. The zero-order valence-electron chi connectivity index (χ0n) is 13.8. The molecule has 3 rings (SSSR count). The number of rotatable bonds is 4. The highest BCUT2D eigenvalue weighted by molar-refractivity contribution is 5.90. The van der Waals surface area contributed by atoms with Crippen molar-refractivity contribution in [1.29, 1.82) is 0 Å². The number of nitrogens with zero attached hydrogens (tertiary/aromatic N) is 1. The van der Waals surface area contributed by atoms with Crippen molar-refractivity contribution < 1.29 is 0 Å². The number of hydrogen-bond acceptors (Lipinski definition) is 1. The Hall–Kier alpha value is -2.02. The van der Waals surface area contributed by atoms with E-state index in [1.165, 1.54) is 35.2 Å². The molecule has 1 atom stereocenters. The third-order valence-electron chi connectivity index (χ3n) is 5.02. The molecule has 1 aliphatic heterocycles. The minimum absolute atomic E-state index is 0.119. The average Bonchev–Trinajstić information content (AvgIpc) is 2.58. The van der Waals surface area contributed by atoms with Crippen LogP contribution < -0.4 is 4.90 Å². The van der Waals surface area contributed by atoms with Gasteiger partial charge in [0.25, 0.3) is 0 Å². The predicted octanol–water partition coefficient (Wildman–Crippen LogP) is 5.52. The van der Waals surface area contributed by atoms with E-state index < -0.39 is 0 Å². The maximum absolute atomic E-state index is 2.51. The first-order valence-corrected chi connectivity index (χ1v) is 8.33. The topological polar surface area (TPSA) is 3.24 Å². The lowest BCUT2D eigenvalue weighted by molar-refractivity contribution is 0.438. The lowest BCUT2D eigenvalue weighted by Gasteiger charge is -2.45. The molecule has 0 N–H and O–H groups in total. The van der Waals surface area contributed by atoms with Crippen LogP contribution in [0.25, 0.3) is 5.57 Å². The lowest BCUT2D eigenvalue weighted by Crippen LogP contribution is -2.47. The van der Waals surface area contributed by atoms with Gasteiger partial charge in [-0.15, -0.1) is 0 Å². The zero-order chi connectivity index (χ0) is 15.6. The Morgan fingerprint density at radius 2 is 1.59 bits per heavy atom. The summed E-state index contributed by atoms with van der Waals surface area (Å²) in [6.45, 7) is 4.58. The molecule has 0 radical (unpaired) electrons. The van der Waals surface area contributed by atoms with Crippen molar-refractivity contribution in [3.8, 4) is 0 Å². The van der Waals surface area contributed by atoms with Gasteiger partial charge in [0, 0.05) is 18.3 Å². The third-order valence-corrected chi connectivity index (χ3v) is 5.02. The molecule has 0 fully saturated rings. The number of benzene rings is 2. The van der Waals surface area contributed by atoms with Crippen molar-refractivity contribution in [2.75, 3.05) is 11.9 Å². The fourth-order valence-corrected chi connectivity index (χ4v) is 3.72. The molecule has 1 aliphatic rings. The highest BCUT2D eigenvalue weighted by atomic mass is 15.2. The Morgan fingerprint density at radius 3 is 2.27 bits per heavy atom. The van der Waals surface area contributed by atoms with Crippen LogP contribution in [0.5, 0.6) is 0 Å². The van der Waals surface area contributed by atoms with Gasteiger partial charge in [-0.2, -0.15) is 0 Å². The molecule has 0 aliphatic carbocycles. The molecule has 0 saturated heterocycles. The summed E-state index contributed by atoms with van der Waals surface area (Å²) in [5.74, 6) is 0. The second-order valence-electron chi connectivity index (χ2n) is 6.21. The first kappa shape index (κ1) is 14.9. The first-order chi connectivity index (χ1) is 10.7. The van der Waals surface area contributed by atoms with Crippen molar-refractivity contribution >= 4 is 11.3 Å². The van der Waals surface area contributed by atoms with Crippen LogP contribution in [0.2, 0.25) is 0 Å². The quantitative estimate of drug-likeness (QED) is 0.717. The molecule has 0 aromatic heterocycles. The summed E-state index contributed by atoms with van der Waals surface area (Å²) in [5, 5.41) is 0. The van der Waals surface area contributed by atoms with Gasteiger partial charge in [-0.1, -0.05) is 74.9 Å². The summed E-state index contributed by atoms with van der Waals surface area (Å²) in [4.78, 5) is 2.48. The lowest BCUT2D eigenvalue weighted by atomic mass is 9.79. The maximum atomic E-state index is 2.51. The van der Waals surface area contributed by atoms with Gasteiger partial charge < -0.3 is 4.90 Å². The van der Waals surface area contributed by atoms with Gasteiger partial charge in [-0.05, 0) is 30.0 Å². The number of fused-ring (bicyclic) bond motifs is 1. The van der Waals surface area contributed by atoms with Crippen molar-refractivity contribution in [2.45, 2.75) is 38.6 Å². The number of hydrogen-bond donors (Lipinski definition) is 0. The molecule has 1 unspecified atom stereocenters. The molecule has 0 saturated carbocycles. The molecule has 1 heteroatoms. The molecule has 2 aromatic rings. The number of para-hydroxylation sites is 1. The molecular formula is C21H25N. The molecule has 1 heterocycles. The van der Waals surface area contributed by atoms with E-state index in [1.54, 1.807) is 0 Å². The van der Waals surface area contributed by atoms with E-state index in [1.807, 2.05) is 0 Å². The Balaban J connectivity index is 2.22. The molecule has 0 amide bonds. The van der Waals surface area contributed by atoms with Crippen LogP contribution in [0.15, 0.2) is 60.7 Å². The van der Waals surface area contributed by atoms with E-state index in [0.29, 0.717) is 0 Å². The van der Waals surface area contributed by atoms with Gasteiger partial charge in [0.05, 0.1) is 5.54 Å². The normalized spacial score (nSPS) is 20.5. The third kappa shape index (κ3) is 2.35. The van der Waals surface area contributed by atoms with Crippen LogP contribution in [-0.4, -0.2) is 12.6 Å². The first-order valence-electron chi connectivity index (χ1n) is 8.33. The van der Waals surface area contributed by atoms with Crippen molar-refractivity contribution in [2.24, 2.45) is 0 Å². The van der Waals surface area contributed by atoms with Crippen LogP contribution >= 0.6 is 0 Å². The van der Waals surface area contributed by atoms with E-state index in [0.717, 1.165) is 6.42 Å². The molecule has 0 bridgehead atoms. The summed E-state index contributed by atoms with van der Waals surface area (Å²) >= 11 is 0. The standard InChI is InChI=1S/C21H25N/c1-4-15-21(5-2)16-19(17-11-7-6-8-12-17)18-13-9-10-14-20(18)22(21)3/h6-14,16H,4-5,15H2,1-3H3. The van der Waals surface area contributed by atoms with E-state index in [9.17, 15) is 0 Å². The number of likely N-dealkylation sites (N-methyl/N-ethyl adjacent to an activating group) is 1. The predicted molar refractivity (Wildman–Crippen MR) is 96.3 cm³/mol. The summed E-state index contributed by atoms with van der Waals surface area (Å²) in [5.41, 5.74) is 5.51. The fraction of sp³-hybridized carbons (Fsp3) is 0.333. The van der Waals surface area contributed by atoms with E-state index in [2.05, 4.69) is 86.5 Å². The number of anilines is 1. The monoisotopic (exact) mass is 291 g/mol. The van der Waals surface area contributed by atoms with Crippen molar-refractivity contribution in [1.82, 2.24) is 0 Å². The highest BCUT2D eigenvalue weighted by Gasteiger charge is 2.35. The second-order valence-corrected chi connectivity index (χ2v) is 6.21. The van der Waals surface area contributed by atoms with Gasteiger partial charge in [0.15, 0.2) is 0 Å². The largest absolute Gasteiger partial charge is 0.365 e. The van der Waals surface area contributed by atoms with Gasteiger partial charge in [-0.25, -0.2) is 0 Å². The minimum Gasteiger partial charge on any atom is -0.365 e. The van der Waals surface area contributed by atoms with E-state index >= 15 is 0 Å². The van der Waals surface area contributed by atoms with E-state index in [-0.39, 0.29) is 5.54 Å². The van der Waals surface area contributed by atoms with E-state index in [4.69, 9.17) is 0 Å². The van der Waals surface area contributed by atoms with Crippen LogP contribution in [0.4, 0.5) is 5.69 Å². The molecule has 114 valence electrons. The van der Waals surface area contributed by atoms with Crippen molar-refractivity contribution in [3.63, 3.8) is 0 Å². The fourth-order valence-electron chi connectivity index (χ4n) is 3.72. The molecule has 0 spiro atoms. The Kier molecular flexibility index (Phi) is 4.06. The Bertz CT molecular complexity index is 671. The Morgan fingerprint density at radius 1 is 0.909 bits per heavy atom. The molecule has 1 nitrogen and oxygen atoms in total. The van der Waals surface area contributed by atoms with Gasteiger partial charge >= 0.3 is 0 Å². The van der Waals surface area contributed by atoms with Crippen LogP contribution in [0.3, 0.4) is 0 Å².